The molecular weight excluding hydrogens is 208 g/mol. The summed E-state index contributed by atoms with van der Waals surface area (Å²) in [6, 6.07) is 0.743. The average molecular weight is 228 g/mol. The Kier molecular flexibility index (Phi) is 2.94. The molecule has 3 nitrogen and oxygen atoms in total. The molecule has 15 heavy (non-hydrogen) atoms. The second-order valence-corrected chi connectivity index (χ2v) is 5.99. The number of rotatable bonds is 2. The lowest BCUT2D eigenvalue weighted by Crippen LogP contribution is -2.51. The minimum atomic E-state index is 0.534. The van der Waals surface area contributed by atoms with Gasteiger partial charge in [-0.15, -0.1) is 0 Å². The quantitative estimate of drug-likeness (QED) is 0.746. The molecule has 4 unspecified atom stereocenters. The number of hydrogen-bond acceptors (Lipinski definition) is 4. The summed E-state index contributed by atoms with van der Waals surface area (Å²) < 4.78 is 5.89. The summed E-state index contributed by atoms with van der Waals surface area (Å²) in [5.41, 5.74) is 0. The van der Waals surface area contributed by atoms with E-state index in [2.05, 4.69) is 16.5 Å². The van der Waals surface area contributed by atoms with E-state index in [-0.39, 0.29) is 0 Å². The monoisotopic (exact) mass is 228 g/mol. The lowest BCUT2D eigenvalue weighted by Gasteiger charge is -2.38. The Morgan fingerprint density at radius 3 is 2.60 bits per heavy atom. The minimum Gasteiger partial charge on any atom is -0.372 e. The van der Waals surface area contributed by atoms with Gasteiger partial charge in [0, 0.05) is 37.5 Å². The van der Waals surface area contributed by atoms with Gasteiger partial charge < -0.3 is 10.1 Å². The van der Waals surface area contributed by atoms with Crippen molar-refractivity contribution in [3.05, 3.63) is 0 Å². The molecular formula is C11H20N2OS. The fourth-order valence-corrected chi connectivity index (χ4v) is 4.03. The van der Waals surface area contributed by atoms with E-state index in [1.807, 2.05) is 11.8 Å². The highest BCUT2D eigenvalue weighted by Gasteiger charge is 2.40. The van der Waals surface area contributed by atoms with Crippen molar-refractivity contribution in [2.75, 3.05) is 32.4 Å². The molecule has 3 saturated heterocycles. The van der Waals surface area contributed by atoms with E-state index in [1.165, 1.54) is 39.0 Å². The Balaban J connectivity index is 1.66. The predicted octanol–water partition coefficient (Wildman–Crippen LogP) is 0.553. The van der Waals surface area contributed by atoms with Gasteiger partial charge in [0.15, 0.2) is 0 Å². The molecule has 4 atom stereocenters. The minimum absolute atomic E-state index is 0.534. The number of likely N-dealkylation sites (tertiary alicyclic amines) is 1. The maximum atomic E-state index is 5.89. The van der Waals surface area contributed by atoms with Gasteiger partial charge in [0.1, 0.15) is 0 Å². The maximum absolute atomic E-state index is 5.89. The molecule has 3 fully saturated rings. The molecule has 0 aromatic carbocycles. The number of nitrogens with zero attached hydrogens (tertiary/aromatic N) is 1. The molecule has 0 amide bonds. The van der Waals surface area contributed by atoms with Gasteiger partial charge in [-0.25, -0.2) is 0 Å². The van der Waals surface area contributed by atoms with Crippen LogP contribution in [0.3, 0.4) is 0 Å². The van der Waals surface area contributed by atoms with Crippen LogP contribution in [0.5, 0.6) is 0 Å². The predicted molar refractivity (Wildman–Crippen MR) is 63.4 cm³/mol. The summed E-state index contributed by atoms with van der Waals surface area (Å²) in [7, 11) is 0. The number of fused-ring (bicyclic) bond motifs is 2. The van der Waals surface area contributed by atoms with Crippen LogP contribution in [0.25, 0.3) is 0 Å². The van der Waals surface area contributed by atoms with Crippen LogP contribution in [0, 0.1) is 0 Å². The zero-order valence-corrected chi connectivity index (χ0v) is 10.1. The van der Waals surface area contributed by atoms with E-state index in [0.717, 1.165) is 11.3 Å². The zero-order chi connectivity index (χ0) is 10.3. The Morgan fingerprint density at radius 1 is 1.20 bits per heavy atom. The topological polar surface area (TPSA) is 24.5 Å². The summed E-state index contributed by atoms with van der Waals surface area (Å²) in [6.07, 6.45) is 5.87. The molecule has 86 valence electrons. The molecule has 2 bridgehead atoms. The van der Waals surface area contributed by atoms with Gasteiger partial charge in [0.25, 0.3) is 0 Å². The van der Waals surface area contributed by atoms with Gasteiger partial charge in [0.2, 0.25) is 0 Å². The van der Waals surface area contributed by atoms with E-state index < -0.39 is 0 Å². The van der Waals surface area contributed by atoms with E-state index in [9.17, 15) is 0 Å². The van der Waals surface area contributed by atoms with Crippen molar-refractivity contribution in [1.29, 1.82) is 0 Å². The van der Waals surface area contributed by atoms with Gasteiger partial charge in [0.05, 0.1) is 12.2 Å². The summed E-state index contributed by atoms with van der Waals surface area (Å²) in [6.45, 7) is 4.68. The first-order chi connectivity index (χ1) is 7.36. The number of morpholine rings is 1. The first kappa shape index (κ1) is 10.4. The lowest BCUT2D eigenvalue weighted by atomic mass is 10.2. The van der Waals surface area contributed by atoms with Crippen LogP contribution in [0.2, 0.25) is 0 Å². The Hall–Kier alpha value is 0.230. The number of thioether (sulfide) groups is 1. The number of hydrogen-bond donors (Lipinski definition) is 1. The highest BCUT2D eigenvalue weighted by molar-refractivity contribution is 7.99. The molecule has 1 N–H and O–H groups in total. The van der Waals surface area contributed by atoms with Crippen LogP contribution in [-0.2, 0) is 4.74 Å². The first-order valence-corrected chi connectivity index (χ1v) is 7.28. The average Bonchev–Trinajstić information content (AvgIpc) is 2.85. The van der Waals surface area contributed by atoms with Crippen LogP contribution in [0.4, 0.5) is 0 Å². The molecule has 0 spiro atoms. The van der Waals surface area contributed by atoms with E-state index >= 15 is 0 Å². The van der Waals surface area contributed by atoms with Gasteiger partial charge in [-0.2, -0.15) is 11.8 Å². The normalized spacial score (nSPS) is 46.2. The van der Waals surface area contributed by atoms with Gasteiger partial charge >= 0.3 is 0 Å². The van der Waals surface area contributed by atoms with Gasteiger partial charge in [-0.05, 0) is 19.1 Å². The van der Waals surface area contributed by atoms with Gasteiger partial charge in [-0.1, -0.05) is 0 Å². The van der Waals surface area contributed by atoms with E-state index in [0.29, 0.717) is 12.2 Å². The van der Waals surface area contributed by atoms with E-state index in [4.69, 9.17) is 4.74 Å². The Bertz CT molecular complexity index is 227. The highest BCUT2D eigenvalue weighted by atomic mass is 32.2. The van der Waals surface area contributed by atoms with Crippen LogP contribution in [0.1, 0.15) is 12.8 Å². The third-order valence-electron chi connectivity index (χ3n) is 3.97. The van der Waals surface area contributed by atoms with Crippen molar-refractivity contribution < 1.29 is 4.74 Å². The molecule has 0 aliphatic carbocycles. The van der Waals surface area contributed by atoms with Crippen molar-refractivity contribution in [2.45, 2.75) is 36.3 Å². The largest absolute Gasteiger partial charge is 0.372 e. The molecule has 3 rings (SSSR count). The van der Waals surface area contributed by atoms with E-state index in [1.54, 1.807) is 0 Å². The van der Waals surface area contributed by atoms with Crippen LogP contribution in [0.15, 0.2) is 0 Å². The maximum Gasteiger partial charge on any atom is 0.0707 e. The number of nitrogens with one attached hydrogen (secondary N) is 1. The third kappa shape index (κ3) is 1.93. The van der Waals surface area contributed by atoms with Crippen molar-refractivity contribution in [2.24, 2.45) is 0 Å². The smallest absolute Gasteiger partial charge is 0.0707 e. The molecule has 0 radical (unpaired) electrons. The molecule has 0 aromatic rings. The Morgan fingerprint density at radius 2 is 1.93 bits per heavy atom. The van der Waals surface area contributed by atoms with Crippen LogP contribution in [-0.4, -0.2) is 60.8 Å². The summed E-state index contributed by atoms with van der Waals surface area (Å²) in [4.78, 5) is 2.67. The lowest BCUT2D eigenvalue weighted by molar-refractivity contribution is -0.0494. The van der Waals surface area contributed by atoms with Crippen molar-refractivity contribution in [3.63, 3.8) is 0 Å². The van der Waals surface area contributed by atoms with Crippen LogP contribution >= 0.6 is 11.8 Å². The van der Waals surface area contributed by atoms with Gasteiger partial charge in [-0.3, -0.25) is 4.90 Å². The van der Waals surface area contributed by atoms with Crippen molar-refractivity contribution in [1.82, 2.24) is 10.2 Å². The molecule has 4 heteroatoms. The SMILES string of the molecule is CSC1CNCC1N1CC2CCC(C1)O2. The zero-order valence-electron chi connectivity index (χ0n) is 9.32. The number of ether oxygens (including phenoxy) is 1. The summed E-state index contributed by atoms with van der Waals surface area (Å²) in [5.74, 6) is 0. The summed E-state index contributed by atoms with van der Waals surface area (Å²) >= 11 is 2.01. The molecule has 0 saturated carbocycles. The first-order valence-electron chi connectivity index (χ1n) is 6.00. The molecule has 3 aliphatic heterocycles. The summed E-state index contributed by atoms with van der Waals surface area (Å²) in [5, 5.41) is 4.30. The van der Waals surface area contributed by atoms with Crippen molar-refractivity contribution >= 4 is 11.8 Å². The van der Waals surface area contributed by atoms with Crippen molar-refractivity contribution in [3.8, 4) is 0 Å². The molecule has 3 heterocycles. The van der Waals surface area contributed by atoms with Crippen LogP contribution < -0.4 is 5.32 Å². The standard InChI is InChI=1S/C11H20N2OS/c1-15-11-5-12-4-10(11)13-6-8-2-3-9(7-13)14-8/h8-12H,2-7H2,1H3. The fourth-order valence-electron chi connectivity index (χ4n) is 3.16. The molecule has 0 aromatic heterocycles. The fraction of sp³-hybridized carbons (Fsp3) is 1.00. The highest BCUT2D eigenvalue weighted by Crippen LogP contribution is 2.30. The third-order valence-corrected chi connectivity index (χ3v) is 5.06. The molecule has 3 aliphatic rings. The second-order valence-electron chi connectivity index (χ2n) is 4.91. The second kappa shape index (κ2) is 4.24. The Labute approximate surface area is 95.9 Å².